The molecular weight excluding hydrogens is 264 g/mol. The van der Waals surface area contributed by atoms with Crippen LogP contribution in [0.1, 0.15) is 12.5 Å². The number of urea groups is 1. The van der Waals surface area contributed by atoms with E-state index >= 15 is 0 Å². The van der Waals surface area contributed by atoms with Crippen LogP contribution in [0.15, 0.2) is 48.5 Å². The molecule has 0 fully saturated rings. The molecule has 2 aromatic rings. The summed E-state index contributed by atoms with van der Waals surface area (Å²) in [6, 6.07) is 15.4. The van der Waals surface area contributed by atoms with Gasteiger partial charge in [-0.25, -0.2) is 4.79 Å². The summed E-state index contributed by atoms with van der Waals surface area (Å²) in [5.41, 5.74) is 2.82. The number of nitrogens with one attached hydrogen (secondary N) is 1. The van der Waals surface area contributed by atoms with Crippen molar-refractivity contribution in [1.82, 2.24) is 0 Å². The normalized spacial score (nSPS) is 13.3. The molecule has 0 atom stereocenters. The highest BCUT2D eigenvalue weighted by Crippen LogP contribution is 2.31. The Bertz CT molecular complexity index is 655. The van der Waals surface area contributed by atoms with Gasteiger partial charge >= 0.3 is 6.03 Å². The van der Waals surface area contributed by atoms with Gasteiger partial charge in [0.2, 0.25) is 0 Å². The SMILES string of the molecule is CCc1ccccc1NC(=O)N1CCOc2ccccc21. The summed E-state index contributed by atoms with van der Waals surface area (Å²) >= 11 is 0. The van der Waals surface area contributed by atoms with Gasteiger partial charge in [-0.1, -0.05) is 37.3 Å². The smallest absolute Gasteiger partial charge is 0.326 e. The minimum Gasteiger partial charge on any atom is -0.490 e. The fraction of sp³-hybridized carbons (Fsp3) is 0.235. The van der Waals surface area contributed by atoms with E-state index in [1.807, 2.05) is 48.5 Å². The van der Waals surface area contributed by atoms with E-state index in [2.05, 4.69) is 12.2 Å². The van der Waals surface area contributed by atoms with E-state index in [0.717, 1.165) is 29.1 Å². The minimum atomic E-state index is -0.119. The van der Waals surface area contributed by atoms with Crippen LogP contribution < -0.4 is 15.0 Å². The molecule has 4 heteroatoms. The maximum atomic E-state index is 12.6. The predicted octanol–water partition coefficient (Wildman–Crippen LogP) is 3.68. The Balaban J connectivity index is 1.84. The number of hydrogen-bond acceptors (Lipinski definition) is 2. The molecule has 4 nitrogen and oxygen atoms in total. The standard InChI is InChI=1S/C17H18N2O2/c1-2-13-7-3-4-8-14(13)18-17(20)19-11-12-21-16-10-6-5-9-15(16)19/h3-10H,2,11-12H2,1H3,(H,18,20). The molecule has 1 heterocycles. The highest BCUT2D eigenvalue weighted by Gasteiger charge is 2.23. The van der Waals surface area contributed by atoms with Crippen molar-refractivity contribution < 1.29 is 9.53 Å². The highest BCUT2D eigenvalue weighted by atomic mass is 16.5. The zero-order chi connectivity index (χ0) is 14.7. The molecule has 1 aliphatic heterocycles. The van der Waals surface area contributed by atoms with Gasteiger partial charge in [0.15, 0.2) is 0 Å². The van der Waals surface area contributed by atoms with Crippen LogP contribution in [0.5, 0.6) is 5.75 Å². The molecule has 3 rings (SSSR count). The molecule has 0 saturated heterocycles. The molecule has 21 heavy (non-hydrogen) atoms. The molecule has 2 aromatic carbocycles. The van der Waals surface area contributed by atoms with E-state index in [-0.39, 0.29) is 6.03 Å². The Morgan fingerprint density at radius 1 is 1.19 bits per heavy atom. The fourth-order valence-corrected chi connectivity index (χ4v) is 2.51. The zero-order valence-corrected chi connectivity index (χ0v) is 12.0. The topological polar surface area (TPSA) is 41.6 Å². The number of hydrogen-bond donors (Lipinski definition) is 1. The van der Waals surface area contributed by atoms with Crippen molar-refractivity contribution >= 4 is 17.4 Å². The first-order chi connectivity index (χ1) is 10.3. The molecular formula is C17H18N2O2. The summed E-state index contributed by atoms with van der Waals surface area (Å²) in [4.78, 5) is 14.3. The number of carbonyl (C=O) groups is 1. The Hall–Kier alpha value is -2.49. The Morgan fingerprint density at radius 3 is 2.81 bits per heavy atom. The van der Waals surface area contributed by atoms with E-state index in [9.17, 15) is 4.79 Å². The van der Waals surface area contributed by atoms with Crippen LogP contribution in [-0.2, 0) is 6.42 Å². The molecule has 0 bridgehead atoms. The number of rotatable bonds is 2. The third-order valence-electron chi connectivity index (χ3n) is 3.61. The van der Waals surface area contributed by atoms with E-state index < -0.39 is 0 Å². The second kappa shape index (κ2) is 5.87. The molecule has 0 saturated carbocycles. The number of para-hydroxylation sites is 3. The number of aryl methyl sites for hydroxylation is 1. The summed E-state index contributed by atoms with van der Waals surface area (Å²) in [5.74, 6) is 0.752. The van der Waals surface area contributed by atoms with Crippen LogP contribution in [-0.4, -0.2) is 19.2 Å². The molecule has 0 spiro atoms. The number of fused-ring (bicyclic) bond motifs is 1. The van der Waals surface area contributed by atoms with Crippen LogP contribution in [0.2, 0.25) is 0 Å². The van der Waals surface area contributed by atoms with Crippen molar-refractivity contribution in [2.24, 2.45) is 0 Å². The van der Waals surface area contributed by atoms with Crippen LogP contribution in [0, 0.1) is 0 Å². The van der Waals surface area contributed by atoms with Gasteiger partial charge < -0.3 is 10.1 Å². The van der Waals surface area contributed by atoms with Crippen molar-refractivity contribution in [2.75, 3.05) is 23.4 Å². The predicted molar refractivity (Wildman–Crippen MR) is 84.1 cm³/mol. The first-order valence-electron chi connectivity index (χ1n) is 7.18. The number of nitrogens with zero attached hydrogens (tertiary/aromatic N) is 1. The zero-order valence-electron chi connectivity index (χ0n) is 12.0. The molecule has 0 aliphatic carbocycles. The van der Waals surface area contributed by atoms with Gasteiger partial charge in [-0.2, -0.15) is 0 Å². The van der Waals surface area contributed by atoms with Crippen molar-refractivity contribution in [1.29, 1.82) is 0 Å². The van der Waals surface area contributed by atoms with Crippen LogP contribution in [0.3, 0.4) is 0 Å². The fourth-order valence-electron chi connectivity index (χ4n) is 2.51. The number of benzene rings is 2. The average molecular weight is 282 g/mol. The van der Waals surface area contributed by atoms with Gasteiger partial charge in [0.25, 0.3) is 0 Å². The molecule has 0 aromatic heterocycles. The van der Waals surface area contributed by atoms with Gasteiger partial charge in [0, 0.05) is 5.69 Å². The highest BCUT2D eigenvalue weighted by molar-refractivity contribution is 6.03. The van der Waals surface area contributed by atoms with E-state index in [4.69, 9.17) is 4.74 Å². The van der Waals surface area contributed by atoms with Gasteiger partial charge in [-0.3, -0.25) is 4.90 Å². The molecule has 2 amide bonds. The Labute approximate surface area is 124 Å². The van der Waals surface area contributed by atoms with Crippen molar-refractivity contribution in [3.63, 3.8) is 0 Å². The molecule has 108 valence electrons. The van der Waals surface area contributed by atoms with Crippen LogP contribution in [0.25, 0.3) is 0 Å². The summed E-state index contributed by atoms with van der Waals surface area (Å²) in [7, 11) is 0. The van der Waals surface area contributed by atoms with Gasteiger partial charge in [0.1, 0.15) is 12.4 Å². The molecule has 1 N–H and O–H groups in total. The van der Waals surface area contributed by atoms with Crippen molar-refractivity contribution in [3.05, 3.63) is 54.1 Å². The summed E-state index contributed by atoms with van der Waals surface area (Å²) in [6.07, 6.45) is 0.885. The molecule has 0 unspecified atom stereocenters. The maximum absolute atomic E-state index is 12.6. The lowest BCUT2D eigenvalue weighted by molar-refractivity contribution is 0.250. The quantitative estimate of drug-likeness (QED) is 0.913. The Kier molecular flexibility index (Phi) is 3.77. The van der Waals surface area contributed by atoms with Crippen molar-refractivity contribution in [2.45, 2.75) is 13.3 Å². The van der Waals surface area contributed by atoms with Gasteiger partial charge in [-0.15, -0.1) is 0 Å². The maximum Gasteiger partial charge on any atom is 0.326 e. The van der Waals surface area contributed by atoms with Crippen molar-refractivity contribution in [3.8, 4) is 5.75 Å². The largest absolute Gasteiger partial charge is 0.490 e. The second-order valence-electron chi connectivity index (χ2n) is 4.91. The monoisotopic (exact) mass is 282 g/mol. The first kappa shape index (κ1) is 13.5. The number of amides is 2. The number of ether oxygens (including phenoxy) is 1. The van der Waals surface area contributed by atoms with E-state index in [1.54, 1.807) is 4.90 Å². The minimum absolute atomic E-state index is 0.119. The number of anilines is 2. The summed E-state index contributed by atoms with van der Waals surface area (Å²) in [6.45, 7) is 3.14. The third kappa shape index (κ3) is 2.70. The summed E-state index contributed by atoms with van der Waals surface area (Å²) < 4.78 is 5.58. The van der Waals surface area contributed by atoms with Gasteiger partial charge in [-0.05, 0) is 30.2 Å². The molecule has 1 aliphatic rings. The van der Waals surface area contributed by atoms with Crippen LogP contribution >= 0.6 is 0 Å². The van der Waals surface area contributed by atoms with Gasteiger partial charge in [0.05, 0.1) is 12.2 Å². The first-order valence-corrected chi connectivity index (χ1v) is 7.18. The second-order valence-corrected chi connectivity index (χ2v) is 4.91. The lowest BCUT2D eigenvalue weighted by atomic mass is 10.1. The van der Waals surface area contributed by atoms with Crippen LogP contribution in [0.4, 0.5) is 16.2 Å². The van der Waals surface area contributed by atoms with E-state index in [1.165, 1.54) is 0 Å². The average Bonchev–Trinajstić information content (AvgIpc) is 2.54. The third-order valence-corrected chi connectivity index (χ3v) is 3.61. The van der Waals surface area contributed by atoms with E-state index in [0.29, 0.717) is 13.2 Å². The lowest BCUT2D eigenvalue weighted by Gasteiger charge is -2.29. The number of carbonyl (C=O) groups excluding carboxylic acids is 1. The Morgan fingerprint density at radius 2 is 1.95 bits per heavy atom. The lowest BCUT2D eigenvalue weighted by Crippen LogP contribution is -2.40. The summed E-state index contributed by atoms with van der Waals surface area (Å²) in [5, 5.41) is 3.00. The molecule has 0 radical (unpaired) electrons.